The van der Waals surface area contributed by atoms with Gasteiger partial charge in [-0.15, -0.1) is 0 Å². The van der Waals surface area contributed by atoms with Crippen molar-refractivity contribution >= 4 is 16.7 Å². The highest BCUT2D eigenvalue weighted by atomic mass is 15.1. The van der Waals surface area contributed by atoms with Crippen molar-refractivity contribution in [2.24, 2.45) is 0 Å². The molecule has 1 unspecified atom stereocenters. The van der Waals surface area contributed by atoms with E-state index in [4.69, 9.17) is 9.97 Å². The lowest BCUT2D eigenvalue weighted by atomic mass is 10.0. The molecule has 4 rings (SSSR count). The minimum absolute atomic E-state index is 0.284. The highest BCUT2D eigenvalue weighted by molar-refractivity contribution is 5.90. The molecule has 0 amide bonds. The average Bonchev–Trinajstić information content (AvgIpc) is 2.80. The molecule has 0 radical (unpaired) electrons. The number of nitrogens with one attached hydrogen (secondary N) is 1. The van der Waals surface area contributed by atoms with Gasteiger partial charge in [-0.25, -0.2) is 9.97 Å². The summed E-state index contributed by atoms with van der Waals surface area (Å²) in [4.78, 5) is 9.65. The molecular weight excluding hydrogens is 330 g/mol. The molecule has 3 heteroatoms. The van der Waals surface area contributed by atoms with Gasteiger partial charge in [-0.3, -0.25) is 0 Å². The molecule has 1 atom stereocenters. The molecule has 2 aromatic carbocycles. The van der Waals surface area contributed by atoms with E-state index in [1.54, 1.807) is 0 Å². The Morgan fingerprint density at radius 2 is 1.74 bits per heavy atom. The van der Waals surface area contributed by atoms with E-state index in [0.29, 0.717) is 0 Å². The van der Waals surface area contributed by atoms with Crippen molar-refractivity contribution in [1.29, 1.82) is 0 Å². The Kier molecular flexibility index (Phi) is 5.10. The number of fused-ring (bicyclic) bond motifs is 1. The number of hydrogen-bond donors (Lipinski definition) is 1. The maximum atomic E-state index is 4.88. The summed E-state index contributed by atoms with van der Waals surface area (Å²) in [7, 11) is 0. The third-order valence-electron chi connectivity index (χ3n) is 4.75. The average molecular weight is 353 g/mol. The van der Waals surface area contributed by atoms with Crippen LogP contribution in [0.2, 0.25) is 0 Å². The van der Waals surface area contributed by atoms with Crippen LogP contribution in [0.1, 0.15) is 19.3 Å². The van der Waals surface area contributed by atoms with Crippen molar-refractivity contribution in [1.82, 2.24) is 9.97 Å². The fraction of sp³-hybridized carbons (Fsp3) is 0.167. The van der Waals surface area contributed by atoms with Gasteiger partial charge in [0.25, 0.3) is 0 Å². The third kappa shape index (κ3) is 4.14. The lowest BCUT2D eigenvalue weighted by Crippen LogP contribution is -2.21. The van der Waals surface area contributed by atoms with Crippen molar-refractivity contribution in [3.63, 3.8) is 0 Å². The first-order valence-corrected chi connectivity index (χ1v) is 9.39. The molecule has 1 aliphatic carbocycles. The normalized spacial score (nSPS) is 19.7. The van der Waals surface area contributed by atoms with E-state index in [2.05, 4.69) is 42.3 Å². The number of rotatable bonds is 3. The van der Waals surface area contributed by atoms with E-state index in [1.807, 2.05) is 48.5 Å². The number of anilines is 1. The second-order valence-corrected chi connectivity index (χ2v) is 6.85. The van der Waals surface area contributed by atoms with Gasteiger partial charge in [0.1, 0.15) is 5.82 Å². The zero-order valence-corrected chi connectivity index (χ0v) is 15.3. The number of allylic oxidation sites excluding steroid dienone is 4. The summed E-state index contributed by atoms with van der Waals surface area (Å²) in [5.74, 6) is 1.64. The Labute approximate surface area is 160 Å². The van der Waals surface area contributed by atoms with Gasteiger partial charge < -0.3 is 5.32 Å². The van der Waals surface area contributed by atoms with Crippen molar-refractivity contribution in [2.75, 3.05) is 5.32 Å². The molecule has 0 fully saturated rings. The molecule has 1 aliphatic rings. The van der Waals surface area contributed by atoms with Gasteiger partial charge in [-0.1, -0.05) is 78.9 Å². The third-order valence-corrected chi connectivity index (χ3v) is 4.75. The van der Waals surface area contributed by atoms with E-state index in [0.717, 1.165) is 52.9 Å². The Morgan fingerprint density at radius 3 is 2.63 bits per heavy atom. The summed E-state index contributed by atoms with van der Waals surface area (Å²) in [6.45, 7) is 4.18. The van der Waals surface area contributed by atoms with Gasteiger partial charge in [0.05, 0.1) is 5.52 Å². The number of aromatic nitrogens is 2. The molecule has 1 N–H and O–H groups in total. The van der Waals surface area contributed by atoms with E-state index < -0.39 is 0 Å². The molecule has 1 heterocycles. The summed E-state index contributed by atoms with van der Waals surface area (Å²) < 4.78 is 0. The van der Waals surface area contributed by atoms with Crippen LogP contribution in [0.3, 0.4) is 0 Å². The Hall–Kier alpha value is -3.20. The molecule has 0 saturated heterocycles. The molecule has 0 spiro atoms. The van der Waals surface area contributed by atoms with Gasteiger partial charge in [0.15, 0.2) is 5.82 Å². The number of hydrogen-bond acceptors (Lipinski definition) is 3. The van der Waals surface area contributed by atoms with Gasteiger partial charge >= 0.3 is 0 Å². The molecule has 0 saturated carbocycles. The zero-order valence-electron chi connectivity index (χ0n) is 15.3. The van der Waals surface area contributed by atoms with Crippen molar-refractivity contribution < 1.29 is 0 Å². The van der Waals surface area contributed by atoms with Crippen LogP contribution >= 0.6 is 0 Å². The molecule has 3 aromatic rings. The Bertz CT molecular complexity index is 1000. The Morgan fingerprint density at radius 1 is 0.926 bits per heavy atom. The van der Waals surface area contributed by atoms with Crippen LogP contribution in [-0.2, 0) is 0 Å². The fourth-order valence-corrected chi connectivity index (χ4v) is 3.37. The number of para-hydroxylation sites is 1. The first-order valence-electron chi connectivity index (χ1n) is 9.39. The van der Waals surface area contributed by atoms with E-state index in [1.165, 1.54) is 0 Å². The first kappa shape index (κ1) is 17.2. The van der Waals surface area contributed by atoms with Crippen LogP contribution < -0.4 is 5.32 Å². The maximum Gasteiger partial charge on any atom is 0.162 e. The van der Waals surface area contributed by atoms with Gasteiger partial charge in [0.2, 0.25) is 0 Å². The van der Waals surface area contributed by atoms with Crippen LogP contribution in [0, 0.1) is 0 Å². The fourth-order valence-electron chi connectivity index (χ4n) is 3.37. The standard InChI is InChI=1S/C24H23N3/c1-18-11-5-2-3-8-14-20(17-18)25-24-21-15-9-10-16-22(21)26-23(27-24)19-12-6-4-7-13-19/h2-7,9-13,15-16,20H,1,8,14,17H2,(H,25,26,27)/b3-2-,11-5-. The molecule has 0 aliphatic heterocycles. The van der Waals surface area contributed by atoms with Gasteiger partial charge in [-0.2, -0.15) is 0 Å². The van der Waals surface area contributed by atoms with Crippen LogP contribution in [-0.4, -0.2) is 16.0 Å². The maximum absolute atomic E-state index is 4.88. The molecular formula is C24H23N3. The lowest BCUT2D eigenvalue weighted by Gasteiger charge is -2.20. The quantitative estimate of drug-likeness (QED) is 0.634. The summed E-state index contributed by atoms with van der Waals surface area (Å²) >= 11 is 0. The highest BCUT2D eigenvalue weighted by Crippen LogP contribution is 2.27. The SMILES string of the molecule is C=C1/C=C\C=C/CCC(Nc2nc(-c3ccccc3)nc3ccccc23)C1. The molecule has 27 heavy (non-hydrogen) atoms. The summed E-state index contributed by atoms with van der Waals surface area (Å²) in [6.07, 6.45) is 11.4. The van der Waals surface area contributed by atoms with Crippen molar-refractivity contribution in [3.05, 3.63) is 91.1 Å². The van der Waals surface area contributed by atoms with Crippen LogP contribution in [0.25, 0.3) is 22.3 Å². The molecule has 134 valence electrons. The summed E-state index contributed by atoms with van der Waals surface area (Å²) in [6, 6.07) is 18.6. The van der Waals surface area contributed by atoms with E-state index in [9.17, 15) is 0 Å². The second kappa shape index (κ2) is 8.00. The van der Waals surface area contributed by atoms with Crippen LogP contribution in [0.4, 0.5) is 5.82 Å². The molecule has 1 aromatic heterocycles. The largest absolute Gasteiger partial charge is 0.366 e. The molecule has 0 bridgehead atoms. The summed E-state index contributed by atoms with van der Waals surface area (Å²) in [5.41, 5.74) is 3.10. The zero-order chi connectivity index (χ0) is 18.5. The minimum atomic E-state index is 0.284. The second-order valence-electron chi connectivity index (χ2n) is 6.85. The highest BCUT2D eigenvalue weighted by Gasteiger charge is 2.14. The van der Waals surface area contributed by atoms with E-state index >= 15 is 0 Å². The van der Waals surface area contributed by atoms with Gasteiger partial charge in [0, 0.05) is 17.0 Å². The van der Waals surface area contributed by atoms with E-state index in [-0.39, 0.29) is 6.04 Å². The van der Waals surface area contributed by atoms with Gasteiger partial charge in [-0.05, 0) is 31.4 Å². The smallest absolute Gasteiger partial charge is 0.162 e. The van der Waals surface area contributed by atoms with Crippen molar-refractivity contribution in [2.45, 2.75) is 25.3 Å². The van der Waals surface area contributed by atoms with Crippen molar-refractivity contribution in [3.8, 4) is 11.4 Å². The summed E-state index contributed by atoms with van der Waals surface area (Å²) in [5, 5.41) is 4.73. The topological polar surface area (TPSA) is 37.8 Å². The predicted molar refractivity (Wildman–Crippen MR) is 114 cm³/mol. The number of nitrogens with zero attached hydrogens (tertiary/aromatic N) is 2. The Balaban J connectivity index is 1.72. The predicted octanol–water partition coefficient (Wildman–Crippen LogP) is 5.93. The minimum Gasteiger partial charge on any atom is -0.366 e. The lowest BCUT2D eigenvalue weighted by molar-refractivity contribution is 0.659. The van der Waals surface area contributed by atoms with Crippen LogP contribution in [0.15, 0.2) is 91.1 Å². The number of benzene rings is 2. The van der Waals surface area contributed by atoms with Crippen LogP contribution in [0.5, 0.6) is 0 Å². The molecule has 3 nitrogen and oxygen atoms in total. The monoisotopic (exact) mass is 353 g/mol. The first-order chi connectivity index (χ1) is 13.3.